The van der Waals surface area contributed by atoms with Gasteiger partial charge in [0, 0.05) is 13.2 Å². The van der Waals surface area contributed by atoms with Crippen molar-refractivity contribution in [2.24, 2.45) is 0 Å². The molecule has 1 atom stereocenters. The molecule has 1 unspecified atom stereocenters. The molecule has 2 rings (SSSR count). The molecule has 20 heavy (non-hydrogen) atoms. The van der Waals surface area contributed by atoms with Gasteiger partial charge >= 0.3 is 0 Å². The third kappa shape index (κ3) is 3.45. The molecule has 1 saturated heterocycles. The number of benzene rings is 1. The number of ether oxygens (including phenoxy) is 1. The summed E-state index contributed by atoms with van der Waals surface area (Å²) in [5, 5.41) is 2.50. The zero-order valence-corrected chi connectivity index (χ0v) is 11.1. The molecule has 1 aromatic rings. The van der Waals surface area contributed by atoms with Gasteiger partial charge in [0.2, 0.25) is 0 Å². The van der Waals surface area contributed by atoms with Gasteiger partial charge in [-0.3, -0.25) is 4.79 Å². The van der Waals surface area contributed by atoms with Crippen molar-refractivity contribution in [3.8, 4) is 0 Å². The fourth-order valence-corrected chi connectivity index (χ4v) is 2.25. The molecule has 0 spiro atoms. The van der Waals surface area contributed by atoms with Crippen LogP contribution in [-0.4, -0.2) is 25.2 Å². The molecule has 1 aliphatic rings. The maximum absolute atomic E-state index is 13.6. The van der Waals surface area contributed by atoms with Gasteiger partial charge in [-0.1, -0.05) is 0 Å². The molecule has 0 aliphatic carbocycles. The fraction of sp³-hybridized carbons (Fsp3) is 0.500. The Morgan fingerprint density at radius 1 is 1.40 bits per heavy atom. The summed E-state index contributed by atoms with van der Waals surface area (Å²) in [4.78, 5) is 11.8. The summed E-state index contributed by atoms with van der Waals surface area (Å²) in [5.41, 5.74) is 4.46. The van der Waals surface area contributed by atoms with Crippen LogP contribution in [-0.2, 0) is 4.74 Å². The lowest BCUT2D eigenvalue weighted by atomic mass is 10.1. The van der Waals surface area contributed by atoms with Crippen molar-refractivity contribution < 1.29 is 18.3 Å². The Balaban J connectivity index is 1.90. The van der Waals surface area contributed by atoms with Gasteiger partial charge in [0.25, 0.3) is 5.91 Å². The van der Waals surface area contributed by atoms with Crippen molar-refractivity contribution in [2.75, 3.05) is 18.9 Å². The van der Waals surface area contributed by atoms with Gasteiger partial charge in [-0.15, -0.1) is 0 Å². The van der Waals surface area contributed by atoms with E-state index in [1.165, 1.54) is 0 Å². The van der Waals surface area contributed by atoms with E-state index in [-0.39, 0.29) is 11.8 Å². The summed E-state index contributed by atoms with van der Waals surface area (Å²) in [6.07, 6.45) is 3.87. The second-order valence-corrected chi connectivity index (χ2v) is 4.86. The van der Waals surface area contributed by atoms with Crippen LogP contribution in [0.1, 0.15) is 36.0 Å². The largest absolute Gasteiger partial charge is 0.396 e. The van der Waals surface area contributed by atoms with E-state index in [1.807, 2.05) is 0 Å². The summed E-state index contributed by atoms with van der Waals surface area (Å²) in [6, 6.07) is 2.08. The van der Waals surface area contributed by atoms with Crippen LogP contribution in [0.3, 0.4) is 0 Å². The number of carbonyl (C=O) groups excluding carboxylic acids is 1. The lowest BCUT2D eigenvalue weighted by Crippen LogP contribution is -2.30. The van der Waals surface area contributed by atoms with Gasteiger partial charge in [0.1, 0.15) is 11.4 Å². The lowest BCUT2D eigenvalue weighted by Gasteiger charge is -2.22. The van der Waals surface area contributed by atoms with Crippen LogP contribution < -0.4 is 11.1 Å². The van der Waals surface area contributed by atoms with Crippen molar-refractivity contribution >= 4 is 11.6 Å². The highest BCUT2D eigenvalue weighted by Gasteiger charge is 2.20. The number of hydrogen-bond acceptors (Lipinski definition) is 3. The van der Waals surface area contributed by atoms with Crippen LogP contribution in [0, 0.1) is 11.6 Å². The molecule has 3 N–H and O–H groups in total. The molecule has 0 radical (unpaired) electrons. The Hall–Kier alpha value is -1.69. The molecule has 0 aromatic heterocycles. The predicted molar refractivity (Wildman–Crippen MR) is 71.3 cm³/mol. The second-order valence-electron chi connectivity index (χ2n) is 4.86. The topological polar surface area (TPSA) is 64.4 Å². The van der Waals surface area contributed by atoms with E-state index in [2.05, 4.69) is 5.32 Å². The first-order valence-corrected chi connectivity index (χ1v) is 6.73. The molecule has 6 heteroatoms. The highest BCUT2D eigenvalue weighted by atomic mass is 19.1. The molecule has 110 valence electrons. The van der Waals surface area contributed by atoms with Crippen molar-refractivity contribution in [1.82, 2.24) is 5.32 Å². The third-order valence-corrected chi connectivity index (χ3v) is 3.37. The number of amides is 1. The minimum absolute atomic E-state index is 0.111. The third-order valence-electron chi connectivity index (χ3n) is 3.37. The van der Waals surface area contributed by atoms with Crippen LogP contribution in [0.4, 0.5) is 14.5 Å². The number of rotatable bonds is 4. The fourth-order valence-electron chi connectivity index (χ4n) is 2.25. The Kier molecular flexibility index (Phi) is 4.89. The minimum atomic E-state index is -1.02. The van der Waals surface area contributed by atoms with Crippen molar-refractivity contribution in [2.45, 2.75) is 31.8 Å². The lowest BCUT2D eigenvalue weighted by molar-refractivity contribution is 0.0117. The Morgan fingerprint density at radius 2 is 2.20 bits per heavy atom. The Morgan fingerprint density at radius 3 is 2.90 bits per heavy atom. The number of halogens is 2. The summed E-state index contributed by atoms with van der Waals surface area (Å²) in [6.45, 7) is 1.05. The molecule has 1 heterocycles. The van der Waals surface area contributed by atoms with Crippen molar-refractivity contribution in [1.29, 1.82) is 0 Å². The maximum atomic E-state index is 13.6. The summed E-state index contributed by atoms with van der Waals surface area (Å²) in [7, 11) is 0. The van der Waals surface area contributed by atoms with Gasteiger partial charge in [-0.05, 0) is 37.8 Å². The zero-order valence-electron chi connectivity index (χ0n) is 11.1. The van der Waals surface area contributed by atoms with E-state index >= 15 is 0 Å². The van der Waals surface area contributed by atoms with E-state index in [0.717, 1.165) is 38.0 Å². The summed E-state index contributed by atoms with van der Waals surface area (Å²) < 4.78 is 32.6. The Labute approximate surface area is 116 Å². The minimum Gasteiger partial charge on any atom is -0.396 e. The standard InChI is InChI=1S/C14H18F2N2O2/c15-10-4-5-11(17)13(16)12(10)14(19)18-7-6-9-3-1-2-8-20-9/h4-5,9H,1-3,6-8,17H2,(H,18,19). The van der Waals surface area contributed by atoms with Crippen LogP contribution >= 0.6 is 0 Å². The van der Waals surface area contributed by atoms with E-state index in [9.17, 15) is 13.6 Å². The second kappa shape index (κ2) is 6.65. The molecular weight excluding hydrogens is 266 g/mol. The average molecular weight is 284 g/mol. The molecule has 4 nitrogen and oxygen atoms in total. The first-order chi connectivity index (χ1) is 9.59. The van der Waals surface area contributed by atoms with Gasteiger partial charge in [0.15, 0.2) is 5.82 Å². The molecule has 1 aromatic carbocycles. The smallest absolute Gasteiger partial charge is 0.257 e. The molecule has 0 saturated carbocycles. The van der Waals surface area contributed by atoms with Gasteiger partial charge in [-0.2, -0.15) is 0 Å². The average Bonchev–Trinajstić information content (AvgIpc) is 2.44. The van der Waals surface area contributed by atoms with Crippen molar-refractivity contribution in [3.05, 3.63) is 29.3 Å². The number of nitrogen functional groups attached to an aromatic ring is 1. The Bertz CT molecular complexity index is 488. The van der Waals surface area contributed by atoms with E-state index in [4.69, 9.17) is 10.5 Å². The number of hydrogen-bond donors (Lipinski definition) is 2. The van der Waals surface area contributed by atoms with Gasteiger partial charge in [-0.25, -0.2) is 8.78 Å². The van der Waals surface area contributed by atoms with Crippen LogP contribution in [0.15, 0.2) is 12.1 Å². The number of anilines is 1. The number of carbonyl (C=O) groups is 1. The maximum Gasteiger partial charge on any atom is 0.257 e. The SMILES string of the molecule is Nc1ccc(F)c(C(=O)NCCC2CCCCO2)c1F. The molecule has 0 bridgehead atoms. The molecule has 1 aliphatic heterocycles. The first-order valence-electron chi connectivity index (χ1n) is 6.73. The molecular formula is C14H18F2N2O2. The quantitative estimate of drug-likeness (QED) is 0.833. The highest BCUT2D eigenvalue weighted by Crippen LogP contribution is 2.19. The first kappa shape index (κ1) is 14.7. The van der Waals surface area contributed by atoms with Gasteiger partial charge < -0.3 is 15.8 Å². The zero-order chi connectivity index (χ0) is 14.5. The summed E-state index contributed by atoms with van der Waals surface area (Å²) in [5.74, 6) is -2.72. The van der Waals surface area contributed by atoms with Gasteiger partial charge in [0.05, 0.1) is 11.8 Å². The van der Waals surface area contributed by atoms with E-state index < -0.39 is 23.1 Å². The number of nitrogens with two attached hydrogens (primary N) is 1. The predicted octanol–water partition coefficient (Wildman–Crippen LogP) is 2.24. The van der Waals surface area contributed by atoms with Crippen LogP contribution in [0.5, 0.6) is 0 Å². The van der Waals surface area contributed by atoms with E-state index in [0.29, 0.717) is 13.0 Å². The molecule has 1 fully saturated rings. The highest BCUT2D eigenvalue weighted by molar-refractivity contribution is 5.95. The normalized spacial score (nSPS) is 18.8. The molecule has 1 amide bonds. The number of nitrogens with one attached hydrogen (secondary N) is 1. The van der Waals surface area contributed by atoms with Crippen molar-refractivity contribution in [3.63, 3.8) is 0 Å². The summed E-state index contributed by atoms with van der Waals surface area (Å²) >= 11 is 0. The van der Waals surface area contributed by atoms with Crippen LogP contribution in [0.2, 0.25) is 0 Å². The van der Waals surface area contributed by atoms with Crippen LogP contribution in [0.25, 0.3) is 0 Å². The van der Waals surface area contributed by atoms with E-state index in [1.54, 1.807) is 0 Å². The monoisotopic (exact) mass is 284 g/mol.